The van der Waals surface area contributed by atoms with Crippen LogP contribution in [0.5, 0.6) is 0 Å². The molecule has 0 bridgehead atoms. The molecule has 1 N–H and O–H groups in total. The molecule has 0 spiro atoms. The van der Waals surface area contributed by atoms with Crippen molar-refractivity contribution in [3.8, 4) is 0 Å². The summed E-state index contributed by atoms with van der Waals surface area (Å²) < 4.78 is 1.87. The summed E-state index contributed by atoms with van der Waals surface area (Å²) in [4.78, 5) is 10.5. The highest BCUT2D eigenvalue weighted by molar-refractivity contribution is 9.11. The molecule has 0 unspecified atom stereocenters. The molecule has 6 heteroatoms. The average Bonchev–Trinajstić information content (AvgIpc) is 2.38. The van der Waals surface area contributed by atoms with Crippen molar-refractivity contribution in [3.63, 3.8) is 0 Å². The smallest absolute Gasteiger partial charge is 0.274 e. The third kappa shape index (κ3) is 3.54. The lowest BCUT2D eigenvalue weighted by Gasteiger charge is -2.09. The van der Waals surface area contributed by atoms with Crippen molar-refractivity contribution in [1.29, 1.82) is 0 Å². The van der Waals surface area contributed by atoms with Crippen molar-refractivity contribution < 1.29 is 4.92 Å². The van der Waals surface area contributed by atoms with Crippen LogP contribution in [0.4, 0.5) is 11.4 Å². The van der Waals surface area contributed by atoms with Crippen LogP contribution in [0.3, 0.4) is 0 Å². The number of anilines is 1. The van der Waals surface area contributed by atoms with Crippen LogP contribution in [-0.4, -0.2) is 4.92 Å². The highest BCUT2D eigenvalue weighted by Crippen LogP contribution is 2.27. The Kier molecular flexibility index (Phi) is 4.55. The summed E-state index contributed by atoms with van der Waals surface area (Å²) in [6.45, 7) is 0.400. The van der Waals surface area contributed by atoms with Gasteiger partial charge in [0.2, 0.25) is 0 Å². The van der Waals surface area contributed by atoms with Crippen LogP contribution in [0, 0.1) is 10.1 Å². The predicted octanol–water partition coefficient (Wildman–Crippen LogP) is 4.73. The van der Waals surface area contributed by atoms with E-state index in [0.29, 0.717) is 12.1 Å². The molecule has 0 aliphatic carbocycles. The van der Waals surface area contributed by atoms with Gasteiger partial charge in [-0.3, -0.25) is 10.1 Å². The summed E-state index contributed by atoms with van der Waals surface area (Å²) in [5, 5.41) is 14.1. The average molecular weight is 386 g/mol. The molecule has 0 aromatic heterocycles. The van der Waals surface area contributed by atoms with Crippen LogP contribution in [0.25, 0.3) is 0 Å². The van der Waals surface area contributed by atoms with E-state index in [1.54, 1.807) is 18.2 Å². The van der Waals surface area contributed by atoms with Crippen molar-refractivity contribution in [3.05, 3.63) is 67.1 Å². The number of rotatable bonds is 4. The summed E-state index contributed by atoms with van der Waals surface area (Å²) in [6.07, 6.45) is 0. The molecule has 0 saturated heterocycles. The van der Waals surface area contributed by atoms with E-state index < -0.39 is 0 Å². The van der Waals surface area contributed by atoms with Crippen LogP contribution >= 0.6 is 31.9 Å². The fraction of sp³-hybridized carbons (Fsp3) is 0.0769. The topological polar surface area (TPSA) is 55.2 Å². The van der Waals surface area contributed by atoms with Gasteiger partial charge in [0, 0.05) is 32.8 Å². The van der Waals surface area contributed by atoms with Crippen LogP contribution < -0.4 is 5.32 Å². The minimum atomic E-state index is -0.367. The Bertz CT molecular complexity index is 617. The Labute approximate surface area is 127 Å². The van der Waals surface area contributed by atoms with Crippen molar-refractivity contribution >= 4 is 43.2 Å². The molecule has 0 heterocycles. The Morgan fingerprint density at radius 3 is 2.58 bits per heavy atom. The number of benzene rings is 2. The standard InChI is InChI=1S/C13H10Br2N2O2/c14-10-5-6-12(11(15)7-10)16-8-9-3-1-2-4-13(9)17(18)19/h1-7,16H,8H2. The van der Waals surface area contributed by atoms with Gasteiger partial charge in [-0.25, -0.2) is 0 Å². The van der Waals surface area contributed by atoms with Gasteiger partial charge < -0.3 is 5.32 Å². The van der Waals surface area contributed by atoms with E-state index in [-0.39, 0.29) is 10.6 Å². The van der Waals surface area contributed by atoms with Crippen LogP contribution in [0.2, 0.25) is 0 Å². The lowest BCUT2D eigenvalue weighted by molar-refractivity contribution is -0.385. The van der Waals surface area contributed by atoms with Crippen LogP contribution in [0.1, 0.15) is 5.56 Å². The Hall–Kier alpha value is -1.40. The van der Waals surface area contributed by atoms with Gasteiger partial charge in [-0.2, -0.15) is 0 Å². The van der Waals surface area contributed by atoms with E-state index >= 15 is 0 Å². The molecule has 4 nitrogen and oxygen atoms in total. The first-order valence-corrected chi connectivity index (χ1v) is 7.08. The van der Waals surface area contributed by atoms with E-state index in [0.717, 1.165) is 14.6 Å². The van der Waals surface area contributed by atoms with E-state index in [4.69, 9.17) is 0 Å². The molecule has 0 aliphatic rings. The number of halogens is 2. The lowest BCUT2D eigenvalue weighted by atomic mass is 10.2. The number of nitro groups is 1. The minimum absolute atomic E-state index is 0.128. The van der Waals surface area contributed by atoms with Crippen molar-refractivity contribution in [2.45, 2.75) is 6.54 Å². The number of hydrogen-bond acceptors (Lipinski definition) is 3. The lowest BCUT2D eigenvalue weighted by Crippen LogP contribution is -2.03. The molecule has 0 atom stereocenters. The molecule has 0 fully saturated rings. The molecule has 0 amide bonds. The van der Waals surface area contributed by atoms with Gasteiger partial charge in [0.05, 0.1) is 4.92 Å². The van der Waals surface area contributed by atoms with Gasteiger partial charge in [0.25, 0.3) is 5.69 Å². The second kappa shape index (κ2) is 6.16. The Morgan fingerprint density at radius 1 is 1.16 bits per heavy atom. The van der Waals surface area contributed by atoms with Crippen LogP contribution in [0.15, 0.2) is 51.4 Å². The normalized spacial score (nSPS) is 10.2. The first kappa shape index (κ1) is 14.0. The number of nitrogens with zero attached hydrogens (tertiary/aromatic N) is 1. The highest BCUT2D eigenvalue weighted by atomic mass is 79.9. The van der Waals surface area contributed by atoms with E-state index in [1.807, 2.05) is 18.2 Å². The molecule has 2 aromatic carbocycles. The summed E-state index contributed by atoms with van der Waals surface area (Å²) in [6, 6.07) is 12.4. The van der Waals surface area contributed by atoms with E-state index in [1.165, 1.54) is 6.07 Å². The monoisotopic (exact) mass is 384 g/mol. The number of nitro benzene ring substituents is 1. The zero-order valence-corrected chi connectivity index (χ0v) is 12.9. The second-order valence-electron chi connectivity index (χ2n) is 3.86. The van der Waals surface area contributed by atoms with E-state index in [9.17, 15) is 10.1 Å². The van der Waals surface area contributed by atoms with Crippen molar-refractivity contribution in [2.75, 3.05) is 5.32 Å². The maximum Gasteiger partial charge on any atom is 0.274 e. The molecule has 0 aliphatic heterocycles. The van der Waals surface area contributed by atoms with Crippen molar-refractivity contribution in [2.24, 2.45) is 0 Å². The summed E-state index contributed by atoms with van der Waals surface area (Å²) in [7, 11) is 0. The molecule has 0 radical (unpaired) electrons. The van der Waals surface area contributed by atoms with Gasteiger partial charge in [-0.05, 0) is 34.1 Å². The molecule has 2 rings (SSSR count). The summed E-state index contributed by atoms with van der Waals surface area (Å²) >= 11 is 6.82. The number of hydrogen-bond donors (Lipinski definition) is 1. The summed E-state index contributed by atoms with van der Waals surface area (Å²) in [5.41, 5.74) is 1.67. The first-order chi connectivity index (χ1) is 9.08. The Morgan fingerprint density at radius 2 is 1.89 bits per heavy atom. The minimum Gasteiger partial charge on any atom is -0.380 e. The third-order valence-corrected chi connectivity index (χ3v) is 3.74. The molecule has 98 valence electrons. The van der Waals surface area contributed by atoms with Gasteiger partial charge in [-0.15, -0.1) is 0 Å². The Balaban J connectivity index is 2.17. The van der Waals surface area contributed by atoms with E-state index in [2.05, 4.69) is 37.2 Å². The third-order valence-electron chi connectivity index (χ3n) is 2.59. The number of para-hydroxylation sites is 1. The van der Waals surface area contributed by atoms with Gasteiger partial charge in [0.1, 0.15) is 0 Å². The predicted molar refractivity (Wildman–Crippen MR) is 82.3 cm³/mol. The van der Waals surface area contributed by atoms with Crippen LogP contribution in [-0.2, 0) is 6.54 Å². The zero-order chi connectivity index (χ0) is 13.8. The summed E-state index contributed by atoms with van der Waals surface area (Å²) in [5.74, 6) is 0. The quantitative estimate of drug-likeness (QED) is 0.611. The van der Waals surface area contributed by atoms with Gasteiger partial charge in [0.15, 0.2) is 0 Å². The molecule has 0 saturated carbocycles. The molecular weight excluding hydrogens is 376 g/mol. The van der Waals surface area contributed by atoms with Gasteiger partial charge >= 0.3 is 0 Å². The van der Waals surface area contributed by atoms with Crippen molar-refractivity contribution in [1.82, 2.24) is 0 Å². The highest BCUT2D eigenvalue weighted by Gasteiger charge is 2.12. The molecule has 19 heavy (non-hydrogen) atoms. The first-order valence-electron chi connectivity index (χ1n) is 5.49. The molecule has 2 aromatic rings. The molecular formula is C13H10Br2N2O2. The number of nitrogens with one attached hydrogen (secondary N) is 1. The largest absolute Gasteiger partial charge is 0.380 e. The maximum absolute atomic E-state index is 10.9. The van der Waals surface area contributed by atoms with Gasteiger partial charge in [-0.1, -0.05) is 34.1 Å². The SMILES string of the molecule is O=[N+]([O-])c1ccccc1CNc1ccc(Br)cc1Br. The second-order valence-corrected chi connectivity index (χ2v) is 5.63. The maximum atomic E-state index is 10.9. The zero-order valence-electron chi connectivity index (χ0n) is 9.77. The fourth-order valence-corrected chi connectivity index (χ4v) is 2.85. The fourth-order valence-electron chi connectivity index (χ4n) is 1.66.